The molecule has 0 radical (unpaired) electrons. The van der Waals surface area contributed by atoms with E-state index in [1.54, 1.807) is 0 Å². The smallest absolute Gasteiger partial charge is 0.00174 e. The highest BCUT2D eigenvalue weighted by Gasteiger charge is 2.25. The largest absolute Gasteiger partial charge is 0.330 e. The Kier molecular flexibility index (Phi) is 8.72. The van der Waals surface area contributed by atoms with Gasteiger partial charge in [0.25, 0.3) is 0 Å². The van der Waals surface area contributed by atoms with Crippen molar-refractivity contribution in [1.29, 1.82) is 0 Å². The monoisotopic (exact) mass is 240 g/mol. The number of hydrogen-bond donors (Lipinski definition) is 2. The second-order valence-corrected chi connectivity index (χ2v) is 5.66. The molecule has 0 aliphatic heterocycles. The standard InChI is InChI=1S/C15H32N2/c1-2-3-4-5-6-7-11-17-13-15-10-8-9-14(15)12-16/h14-15,17H,2-13,16H2,1H3. The van der Waals surface area contributed by atoms with E-state index in [1.807, 2.05) is 0 Å². The summed E-state index contributed by atoms with van der Waals surface area (Å²) in [7, 11) is 0. The number of rotatable bonds is 10. The van der Waals surface area contributed by atoms with Crippen LogP contribution in [0.4, 0.5) is 0 Å². The third-order valence-electron chi connectivity index (χ3n) is 4.23. The van der Waals surface area contributed by atoms with Crippen LogP contribution >= 0.6 is 0 Å². The van der Waals surface area contributed by atoms with Crippen molar-refractivity contribution in [3.8, 4) is 0 Å². The van der Waals surface area contributed by atoms with Crippen molar-refractivity contribution in [3.05, 3.63) is 0 Å². The predicted octanol–water partition coefficient (Wildman–Crippen LogP) is 3.31. The van der Waals surface area contributed by atoms with Crippen LogP contribution in [0.1, 0.15) is 64.7 Å². The number of nitrogens with one attached hydrogen (secondary N) is 1. The average molecular weight is 240 g/mol. The van der Waals surface area contributed by atoms with Gasteiger partial charge in [-0.25, -0.2) is 0 Å². The maximum Gasteiger partial charge on any atom is -0.00174 e. The van der Waals surface area contributed by atoms with E-state index >= 15 is 0 Å². The topological polar surface area (TPSA) is 38.0 Å². The van der Waals surface area contributed by atoms with Gasteiger partial charge in [0.05, 0.1) is 0 Å². The van der Waals surface area contributed by atoms with E-state index in [0.29, 0.717) is 0 Å². The van der Waals surface area contributed by atoms with E-state index in [9.17, 15) is 0 Å². The van der Waals surface area contributed by atoms with Gasteiger partial charge in [-0.2, -0.15) is 0 Å². The minimum Gasteiger partial charge on any atom is -0.330 e. The highest BCUT2D eigenvalue weighted by molar-refractivity contribution is 4.79. The molecule has 0 aromatic rings. The molecule has 0 spiro atoms. The Morgan fingerprint density at radius 1 is 1.00 bits per heavy atom. The Hall–Kier alpha value is -0.0800. The molecule has 1 saturated carbocycles. The Labute approximate surface area is 108 Å². The fourth-order valence-electron chi connectivity index (χ4n) is 3.01. The van der Waals surface area contributed by atoms with Crippen molar-refractivity contribution in [2.75, 3.05) is 19.6 Å². The van der Waals surface area contributed by atoms with E-state index in [1.165, 1.54) is 70.9 Å². The molecule has 0 heterocycles. The van der Waals surface area contributed by atoms with Gasteiger partial charge >= 0.3 is 0 Å². The fourth-order valence-corrected chi connectivity index (χ4v) is 3.01. The molecule has 2 heteroatoms. The summed E-state index contributed by atoms with van der Waals surface area (Å²) in [6, 6.07) is 0. The molecule has 3 N–H and O–H groups in total. The average Bonchev–Trinajstić information content (AvgIpc) is 2.80. The highest BCUT2D eigenvalue weighted by atomic mass is 14.9. The van der Waals surface area contributed by atoms with Crippen LogP contribution in [0.3, 0.4) is 0 Å². The summed E-state index contributed by atoms with van der Waals surface area (Å²) in [4.78, 5) is 0. The molecule has 1 aliphatic rings. The first kappa shape index (κ1) is 15.0. The Balaban J connectivity index is 1.87. The lowest BCUT2D eigenvalue weighted by molar-refractivity contribution is 0.372. The van der Waals surface area contributed by atoms with Crippen LogP contribution in [0.15, 0.2) is 0 Å². The minimum atomic E-state index is 0.798. The van der Waals surface area contributed by atoms with Crippen LogP contribution < -0.4 is 11.1 Å². The van der Waals surface area contributed by atoms with Crippen molar-refractivity contribution >= 4 is 0 Å². The van der Waals surface area contributed by atoms with Crippen molar-refractivity contribution < 1.29 is 0 Å². The summed E-state index contributed by atoms with van der Waals surface area (Å²) in [5, 5.41) is 3.63. The van der Waals surface area contributed by atoms with E-state index < -0.39 is 0 Å². The van der Waals surface area contributed by atoms with Crippen molar-refractivity contribution in [1.82, 2.24) is 5.32 Å². The molecule has 0 aromatic carbocycles. The van der Waals surface area contributed by atoms with E-state index in [-0.39, 0.29) is 0 Å². The first-order valence-electron chi connectivity index (χ1n) is 7.79. The number of nitrogens with two attached hydrogens (primary N) is 1. The normalized spacial score (nSPS) is 24.4. The molecule has 0 bridgehead atoms. The molecule has 102 valence electrons. The Bertz CT molecular complexity index is 170. The minimum absolute atomic E-state index is 0.798. The van der Waals surface area contributed by atoms with E-state index in [0.717, 1.165) is 18.4 Å². The van der Waals surface area contributed by atoms with Gasteiger partial charge in [0, 0.05) is 0 Å². The highest BCUT2D eigenvalue weighted by Crippen LogP contribution is 2.30. The molecule has 2 atom stereocenters. The zero-order valence-electron chi connectivity index (χ0n) is 11.7. The van der Waals surface area contributed by atoms with Gasteiger partial charge in [-0.3, -0.25) is 0 Å². The van der Waals surface area contributed by atoms with Gasteiger partial charge < -0.3 is 11.1 Å². The lowest BCUT2D eigenvalue weighted by Crippen LogP contribution is -2.29. The summed E-state index contributed by atoms with van der Waals surface area (Å²) in [6.07, 6.45) is 12.5. The summed E-state index contributed by atoms with van der Waals surface area (Å²) >= 11 is 0. The van der Waals surface area contributed by atoms with Crippen LogP contribution in [-0.4, -0.2) is 19.6 Å². The molecular weight excluding hydrogens is 208 g/mol. The molecule has 1 aliphatic carbocycles. The van der Waals surface area contributed by atoms with E-state index in [4.69, 9.17) is 5.73 Å². The summed E-state index contributed by atoms with van der Waals surface area (Å²) in [6.45, 7) is 5.58. The van der Waals surface area contributed by atoms with Crippen LogP contribution in [-0.2, 0) is 0 Å². The molecule has 1 rings (SSSR count). The molecule has 2 nitrogen and oxygen atoms in total. The second kappa shape index (κ2) is 9.90. The van der Waals surface area contributed by atoms with Gasteiger partial charge in [-0.05, 0) is 50.7 Å². The van der Waals surface area contributed by atoms with Gasteiger partial charge in [-0.1, -0.05) is 45.4 Å². The van der Waals surface area contributed by atoms with Crippen LogP contribution in [0.5, 0.6) is 0 Å². The predicted molar refractivity (Wildman–Crippen MR) is 76.1 cm³/mol. The summed E-state index contributed by atoms with van der Waals surface area (Å²) in [5.41, 5.74) is 5.79. The van der Waals surface area contributed by atoms with Crippen LogP contribution in [0.25, 0.3) is 0 Å². The lowest BCUT2D eigenvalue weighted by atomic mass is 9.96. The quantitative estimate of drug-likeness (QED) is 0.575. The van der Waals surface area contributed by atoms with Crippen LogP contribution in [0.2, 0.25) is 0 Å². The molecule has 0 amide bonds. The first-order chi connectivity index (χ1) is 8.38. The summed E-state index contributed by atoms with van der Waals surface area (Å²) in [5.74, 6) is 1.66. The van der Waals surface area contributed by atoms with Gasteiger partial charge in [0.15, 0.2) is 0 Å². The third kappa shape index (κ3) is 6.42. The lowest BCUT2D eigenvalue weighted by Gasteiger charge is -2.18. The zero-order valence-corrected chi connectivity index (χ0v) is 11.7. The van der Waals surface area contributed by atoms with Crippen molar-refractivity contribution in [2.45, 2.75) is 64.7 Å². The number of hydrogen-bond acceptors (Lipinski definition) is 2. The van der Waals surface area contributed by atoms with Gasteiger partial charge in [-0.15, -0.1) is 0 Å². The maximum atomic E-state index is 5.79. The molecule has 0 aromatic heterocycles. The maximum absolute atomic E-state index is 5.79. The fraction of sp³-hybridized carbons (Fsp3) is 1.00. The SMILES string of the molecule is CCCCCCCCNCC1CCCC1CN. The molecule has 2 unspecified atom stereocenters. The molecular formula is C15H32N2. The van der Waals surface area contributed by atoms with Gasteiger partial charge in [0.2, 0.25) is 0 Å². The first-order valence-corrected chi connectivity index (χ1v) is 7.79. The number of unbranched alkanes of at least 4 members (excludes halogenated alkanes) is 5. The second-order valence-electron chi connectivity index (χ2n) is 5.66. The van der Waals surface area contributed by atoms with E-state index in [2.05, 4.69) is 12.2 Å². The molecule has 0 saturated heterocycles. The van der Waals surface area contributed by atoms with Crippen molar-refractivity contribution in [3.63, 3.8) is 0 Å². The Morgan fingerprint density at radius 2 is 1.71 bits per heavy atom. The zero-order chi connectivity index (χ0) is 12.3. The molecule has 1 fully saturated rings. The van der Waals surface area contributed by atoms with Crippen molar-refractivity contribution in [2.24, 2.45) is 17.6 Å². The third-order valence-corrected chi connectivity index (χ3v) is 4.23. The summed E-state index contributed by atoms with van der Waals surface area (Å²) < 4.78 is 0. The Morgan fingerprint density at radius 3 is 2.47 bits per heavy atom. The molecule has 17 heavy (non-hydrogen) atoms. The van der Waals surface area contributed by atoms with Crippen LogP contribution in [0, 0.1) is 11.8 Å². The van der Waals surface area contributed by atoms with Gasteiger partial charge in [0.1, 0.15) is 0 Å².